The van der Waals surface area contributed by atoms with Gasteiger partial charge in [0, 0.05) is 23.3 Å². The smallest absolute Gasteiger partial charge is 0.316 e. The average molecular weight is 369 g/mol. The Labute approximate surface area is 156 Å². The number of carbonyl (C=O) groups is 1. The van der Waals surface area contributed by atoms with Gasteiger partial charge in [-0.05, 0) is 18.4 Å². The number of hydrogen-bond donors (Lipinski definition) is 0. The summed E-state index contributed by atoms with van der Waals surface area (Å²) in [6.07, 6.45) is 2.46. The lowest BCUT2D eigenvalue weighted by atomic mass is 9.64. The van der Waals surface area contributed by atoms with E-state index in [2.05, 4.69) is 0 Å². The van der Waals surface area contributed by atoms with Crippen LogP contribution in [0.4, 0.5) is 5.69 Å². The van der Waals surface area contributed by atoms with Gasteiger partial charge in [0.1, 0.15) is 12.4 Å². The molecule has 4 rings (SSSR count). The van der Waals surface area contributed by atoms with Crippen LogP contribution in [0, 0.1) is 10.1 Å². The minimum absolute atomic E-state index is 0.0692. The number of fused-ring (bicyclic) bond motifs is 1. The zero-order valence-electron chi connectivity index (χ0n) is 14.7. The summed E-state index contributed by atoms with van der Waals surface area (Å²) in [6.45, 7) is 0.225. The highest BCUT2D eigenvalue weighted by Gasteiger charge is 2.47. The van der Waals surface area contributed by atoms with E-state index < -0.39 is 10.3 Å². The van der Waals surface area contributed by atoms with Crippen LogP contribution in [0.5, 0.6) is 5.75 Å². The fourth-order valence-corrected chi connectivity index (χ4v) is 3.67. The van der Waals surface area contributed by atoms with Crippen LogP contribution < -0.4 is 4.74 Å². The number of nitrogens with zero attached hydrogens (tertiary/aromatic N) is 1. The lowest BCUT2D eigenvalue weighted by molar-refractivity contribution is -0.385. The van der Waals surface area contributed by atoms with Gasteiger partial charge in [0.05, 0.1) is 16.9 Å². The molecule has 0 saturated heterocycles. The monoisotopic (exact) mass is 369 g/mol. The van der Waals surface area contributed by atoms with Crippen molar-refractivity contribution in [2.24, 2.45) is 0 Å². The van der Waals surface area contributed by atoms with Crippen molar-refractivity contribution in [2.75, 3.05) is 6.79 Å². The van der Waals surface area contributed by atoms with Crippen LogP contribution in [0.25, 0.3) is 0 Å². The molecule has 2 aromatic rings. The van der Waals surface area contributed by atoms with Crippen LogP contribution >= 0.6 is 0 Å². The highest BCUT2D eigenvalue weighted by Crippen LogP contribution is 2.45. The van der Waals surface area contributed by atoms with Gasteiger partial charge in [-0.15, -0.1) is 0 Å². The Balaban J connectivity index is 1.57. The summed E-state index contributed by atoms with van der Waals surface area (Å²) in [7, 11) is 0. The molecule has 0 amide bonds. The number of carbonyl (C=O) groups excluding carboxylic acids is 1. The third kappa shape index (κ3) is 3.14. The number of non-ortho nitro benzene ring substituents is 1. The summed E-state index contributed by atoms with van der Waals surface area (Å²) in [5, 5.41) is 11.2. The van der Waals surface area contributed by atoms with E-state index in [1.807, 2.05) is 30.3 Å². The summed E-state index contributed by atoms with van der Waals surface area (Å²) >= 11 is 0. The fraction of sp³-hybridized carbons (Fsp3) is 0.350. The molecule has 0 aromatic heterocycles. The average Bonchev–Trinajstić information content (AvgIpc) is 2.66. The molecule has 0 radical (unpaired) electrons. The van der Waals surface area contributed by atoms with E-state index in [1.165, 1.54) is 12.1 Å². The van der Waals surface area contributed by atoms with Gasteiger partial charge in [-0.25, -0.2) is 0 Å². The van der Waals surface area contributed by atoms with Gasteiger partial charge in [-0.2, -0.15) is 0 Å². The highest BCUT2D eigenvalue weighted by atomic mass is 16.7. The Morgan fingerprint density at radius 1 is 1.22 bits per heavy atom. The molecule has 1 aliphatic heterocycles. The summed E-state index contributed by atoms with van der Waals surface area (Å²) in [5.41, 5.74) is 1.33. The van der Waals surface area contributed by atoms with Crippen LogP contribution in [-0.4, -0.2) is 17.7 Å². The van der Waals surface area contributed by atoms with E-state index in [4.69, 9.17) is 14.2 Å². The predicted octanol–water partition coefficient (Wildman–Crippen LogP) is 3.63. The lowest BCUT2D eigenvalue weighted by Crippen LogP contribution is -2.43. The van der Waals surface area contributed by atoms with E-state index in [0.29, 0.717) is 16.9 Å². The van der Waals surface area contributed by atoms with E-state index >= 15 is 0 Å². The Morgan fingerprint density at radius 3 is 2.67 bits per heavy atom. The number of hydrogen-bond acceptors (Lipinski definition) is 6. The van der Waals surface area contributed by atoms with Crippen molar-refractivity contribution in [2.45, 2.75) is 37.9 Å². The van der Waals surface area contributed by atoms with Gasteiger partial charge in [0.25, 0.3) is 5.69 Å². The SMILES string of the molecule is O=C(OCc1cc([N+](=O)[O-])cc2c1OCOC2)C1(c2ccccc2)CCC1. The fourth-order valence-electron chi connectivity index (χ4n) is 3.67. The molecule has 1 saturated carbocycles. The first kappa shape index (κ1) is 17.5. The number of nitro groups is 1. The van der Waals surface area contributed by atoms with Crippen molar-refractivity contribution in [1.82, 2.24) is 0 Å². The van der Waals surface area contributed by atoms with E-state index in [9.17, 15) is 14.9 Å². The minimum atomic E-state index is -0.619. The first-order chi connectivity index (χ1) is 13.1. The Hall–Kier alpha value is -2.93. The lowest BCUT2D eigenvalue weighted by Gasteiger charge is -2.39. The van der Waals surface area contributed by atoms with E-state index in [-0.39, 0.29) is 31.7 Å². The molecule has 2 aliphatic rings. The van der Waals surface area contributed by atoms with Gasteiger partial charge in [-0.1, -0.05) is 36.8 Å². The number of nitro benzene ring substituents is 1. The zero-order valence-corrected chi connectivity index (χ0v) is 14.7. The minimum Gasteiger partial charge on any atom is -0.467 e. The first-order valence-corrected chi connectivity index (χ1v) is 8.84. The molecule has 2 aromatic carbocycles. The maximum atomic E-state index is 12.9. The molecule has 1 aliphatic carbocycles. The first-order valence-electron chi connectivity index (χ1n) is 8.84. The number of rotatable bonds is 5. The third-order valence-electron chi connectivity index (χ3n) is 5.27. The van der Waals surface area contributed by atoms with Crippen molar-refractivity contribution >= 4 is 11.7 Å². The van der Waals surface area contributed by atoms with Crippen molar-refractivity contribution in [3.8, 4) is 5.75 Å². The molecule has 140 valence electrons. The second kappa shape index (κ2) is 7.00. The molecule has 1 fully saturated rings. The van der Waals surface area contributed by atoms with Gasteiger partial charge >= 0.3 is 5.97 Å². The summed E-state index contributed by atoms with van der Waals surface area (Å²) in [5.74, 6) is 0.203. The molecular formula is C20H19NO6. The zero-order chi connectivity index (χ0) is 18.9. The molecule has 7 nitrogen and oxygen atoms in total. The molecule has 27 heavy (non-hydrogen) atoms. The Morgan fingerprint density at radius 2 is 2.00 bits per heavy atom. The van der Waals surface area contributed by atoms with Crippen LogP contribution in [0.2, 0.25) is 0 Å². The molecule has 0 bridgehead atoms. The van der Waals surface area contributed by atoms with Crippen molar-refractivity contribution in [3.05, 3.63) is 69.3 Å². The summed E-state index contributed by atoms with van der Waals surface area (Å²) < 4.78 is 16.3. The van der Waals surface area contributed by atoms with Crippen molar-refractivity contribution < 1.29 is 23.9 Å². The van der Waals surface area contributed by atoms with Crippen LogP contribution in [0.15, 0.2) is 42.5 Å². The topological polar surface area (TPSA) is 87.9 Å². The second-order valence-electron chi connectivity index (χ2n) is 6.84. The van der Waals surface area contributed by atoms with E-state index in [0.717, 1.165) is 24.8 Å². The Bertz CT molecular complexity index is 876. The van der Waals surface area contributed by atoms with E-state index in [1.54, 1.807) is 0 Å². The second-order valence-corrected chi connectivity index (χ2v) is 6.84. The quantitative estimate of drug-likeness (QED) is 0.454. The number of esters is 1. The van der Waals surface area contributed by atoms with Gasteiger partial charge in [-0.3, -0.25) is 14.9 Å². The number of ether oxygens (including phenoxy) is 3. The largest absolute Gasteiger partial charge is 0.467 e. The van der Waals surface area contributed by atoms with Crippen molar-refractivity contribution in [1.29, 1.82) is 0 Å². The molecule has 7 heteroatoms. The predicted molar refractivity (Wildman–Crippen MR) is 95.1 cm³/mol. The molecule has 0 spiro atoms. The molecule has 1 heterocycles. The summed E-state index contributed by atoms with van der Waals surface area (Å²) in [4.78, 5) is 23.6. The van der Waals surface area contributed by atoms with Crippen LogP contribution in [0.1, 0.15) is 36.0 Å². The van der Waals surface area contributed by atoms with Gasteiger partial charge in [0.2, 0.25) is 0 Å². The molecule has 0 N–H and O–H groups in total. The third-order valence-corrected chi connectivity index (χ3v) is 5.27. The standard InChI is InChI=1S/C20H19NO6/c22-19(20(7-4-8-20)16-5-2-1-3-6-16)26-12-15-10-17(21(23)24)9-14-11-25-13-27-18(14)15/h1-3,5-6,9-10H,4,7-8,11-13H2. The summed E-state index contributed by atoms with van der Waals surface area (Å²) in [6, 6.07) is 12.4. The van der Waals surface area contributed by atoms with Crippen LogP contribution in [0.3, 0.4) is 0 Å². The molecule has 0 atom stereocenters. The number of benzene rings is 2. The highest BCUT2D eigenvalue weighted by molar-refractivity contribution is 5.84. The van der Waals surface area contributed by atoms with Crippen molar-refractivity contribution in [3.63, 3.8) is 0 Å². The van der Waals surface area contributed by atoms with Gasteiger partial charge < -0.3 is 14.2 Å². The van der Waals surface area contributed by atoms with Gasteiger partial charge in [0.15, 0.2) is 6.79 Å². The normalized spacial score (nSPS) is 17.2. The molecule has 0 unspecified atom stereocenters. The molecular weight excluding hydrogens is 350 g/mol. The maximum absolute atomic E-state index is 12.9. The maximum Gasteiger partial charge on any atom is 0.316 e. The van der Waals surface area contributed by atoms with Crippen LogP contribution in [-0.2, 0) is 32.9 Å². The Kier molecular flexibility index (Phi) is 4.53.